The lowest BCUT2D eigenvalue weighted by molar-refractivity contribution is -0.384. The predicted molar refractivity (Wildman–Crippen MR) is 219 cm³/mol. The van der Waals surface area contributed by atoms with E-state index in [4.69, 9.17) is 23.7 Å². The summed E-state index contributed by atoms with van der Waals surface area (Å²) in [4.78, 5) is 75.0. The Balaban J connectivity index is 1.46. The number of hydrogen-bond donors (Lipinski definition) is 4. The standard InChI is InChI=1S/C42H41N5O12/c1-6-23-57-35-30(41(51)46-33-20-18-31(42(52)59-25-8-3)36(38(33)56-5)58-24-7-2)17-19-32(37(35)55-4)45-40(50)27-9-13-28(14-10-27)44-34(48)21-22-43-39(49)26-11-15-29(16-12-26)47(53)54/h6-20H,1-3,21-25H2,4-5H3,(H,43,49)(H,44,48)(H,45,50)(H,46,51). The van der Waals surface area contributed by atoms with Crippen LogP contribution >= 0.6 is 0 Å². The van der Waals surface area contributed by atoms with E-state index < -0.39 is 34.5 Å². The molecule has 4 amide bonds. The Morgan fingerprint density at radius 1 is 0.627 bits per heavy atom. The van der Waals surface area contributed by atoms with Crippen LogP contribution in [0, 0.1) is 10.1 Å². The number of amides is 4. The van der Waals surface area contributed by atoms with E-state index in [-0.39, 0.29) is 95.1 Å². The van der Waals surface area contributed by atoms with Crippen molar-refractivity contribution in [2.45, 2.75) is 6.42 Å². The normalized spacial score (nSPS) is 10.2. The molecule has 0 spiro atoms. The Morgan fingerprint density at radius 2 is 1.14 bits per heavy atom. The van der Waals surface area contributed by atoms with Crippen molar-refractivity contribution in [2.24, 2.45) is 0 Å². The van der Waals surface area contributed by atoms with Gasteiger partial charge in [0, 0.05) is 41.9 Å². The highest BCUT2D eigenvalue weighted by molar-refractivity contribution is 6.10. The fourth-order valence-electron chi connectivity index (χ4n) is 5.29. The largest absolute Gasteiger partial charge is 0.491 e. The van der Waals surface area contributed by atoms with Crippen LogP contribution in [0.1, 0.15) is 47.9 Å². The van der Waals surface area contributed by atoms with Gasteiger partial charge in [-0.05, 0) is 60.7 Å². The minimum absolute atomic E-state index is 0.00487. The number of anilines is 3. The summed E-state index contributed by atoms with van der Waals surface area (Å²) >= 11 is 0. The van der Waals surface area contributed by atoms with E-state index in [0.29, 0.717) is 5.69 Å². The van der Waals surface area contributed by atoms with Crippen LogP contribution in [0.4, 0.5) is 22.7 Å². The first-order valence-electron chi connectivity index (χ1n) is 17.7. The summed E-state index contributed by atoms with van der Waals surface area (Å²) in [5.41, 5.74) is 1.03. The van der Waals surface area contributed by atoms with E-state index in [1.54, 1.807) is 0 Å². The smallest absolute Gasteiger partial charge is 0.342 e. The maximum Gasteiger partial charge on any atom is 0.342 e. The molecule has 4 aromatic carbocycles. The van der Waals surface area contributed by atoms with Crippen LogP contribution in [0.25, 0.3) is 0 Å². The van der Waals surface area contributed by atoms with Crippen LogP contribution in [0.5, 0.6) is 23.0 Å². The zero-order valence-electron chi connectivity index (χ0n) is 32.2. The number of ether oxygens (including phenoxy) is 5. The second kappa shape index (κ2) is 21.4. The minimum Gasteiger partial charge on any atom is -0.491 e. The van der Waals surface area contributed by atoms with Gasteiger partial charge in [-0.25, -0.2) is 4.79 Å². The molecule has 59 heavy (non-hydrogen) atoms. The zero-order chi connectivity index (χ0) is 42.9. The molecule has 0 bridgehead atoms. The Morgan fingerprint density at radius 3 is 1.68 bits per heavy atom. The Kier molecular flexibility index (Phi) is 15.9. The Labute approximate surface area is 338 Å². The molecule has 0 saturated heterocycles. The molecule has 0 radical (unpaired) electrons. The monoisotopic (exact) mass is 807 g/mol. The summed E-state index contributed by atoms with van der Waals surface area (Å²) in [6.07, 6.45) is 4.28. The number of carbonyl (C=O) groups is 5. The number of nitro benzene ring substituents is 1. The van der Waals surface area contributed by atoms with Crippen LogP contribution in [0.3, 0.4) is 0 Å². The first-order chi connectivity index (χ1) is 28.4. The lowest BCUT2D eigenvalue weighted by Crippen LogP contribution is -2.27. The lowest BCUT2D eigenvalue weighted by atomic mass is 10.1. The van der Waals surface area contributed by atoms with E-state index in [1.165, 1.54) is 105 Å². The number of non-ortho nitro benzene ring substituents is 1. The first-order valence-corrected chi connectivity index (χ1v) is 17.7. The quantitative estimate of drug-likeness (QED) is 0.0313. The van der Waals surface area contributed by atoms with Crippen molar-refractivity contribution in [1.29, 1.82) is 0 Å². The molecule has 17 heteroatoms. The highest BCUT2D eigenvalue weighted by atomic mass is 16.6. The second-order valence-corrected chi connectivity index (χ2v) is 12.0. The molecule has 0 aliphatic carbocycles. The van der Waals surface area contributed by atoms with Crippen molar-refractivity contribution in [3.8, 4) is 23.0 Å². The lowest BCUT2D eigenvalue weighted by Gasteiger charge is -2.20. The third kappa shape index (κ3) is 11.5. The van der Waals surface area contributed by atoms with E-state index in [2.05, 4.69) is 41.0 Å². The van der Waals surface area contributed by atoms with Crippen molar-refractivity contribution in [3.05, 3.63) is 143 Å². The van der Waals surface area contributed by atoms with Crippen LogP contribution < -0.4 is 40.2 Å². The second-order valence-electron chi connectivity index (χ2n) is 12.0. The molecule has 0 aliphatic heterocycles. The van der Waals surface area contributed by atoms with Gasteiger partial charge in [0.1, 0.15) is 25.4 Å². The van der Waals surface area contributed by atoms with E-state index >= 15 is 0 Å². The molecule has 4 rings (SSSR count). The summed E-state index contributed by atoms with van der Waals surface area (Å²) in [6.45, 7) is 10.8. The molecule has 4 aromatic rings. The number of benzene rings is 4. The number of nitro groups is 1. The average Bonchev–Trinajstić information content (AvgIpc) is 3.23. The number of hydrogen-bond acceptors (Lipinski definition) is 12. The van der Waals surface area contributed by atoms with Crippen molar-refractivity contribution < 1.29 is 52.6 Å². The summed E-state index contributed by atoms with van der Waals surface area (Å²) in [5.74, 6) is -2.76. The molecule has 0 saturated carbocycles. The van der Waals surface area contributed by atoms with Crippen molar-refractivity contribution in [3.63, 3.8) is 0 Å². The molecule has 0 unspecified atom stereocenters. The van der Waals surface area contributed by atoms with E-state index in [1.807, 2.05) is 0 Å². The number of nitrogens with one attached hydrogen (secondary N) is 4. The number of esters is 1. The van der Waals surface area contributed by atoms with Crippen LogP contribution in [0.15, 0.2) is 111 Å². The van der Waals surface area contributed by atoms with Gasteiger partial charge in [0.05, 0.1) is 36.1 Å². The number of rotatable bonds is 21. The first kappa shape index (κ1) is 43.8. The highest BCUT2D eigenvalue weighted by Gasteiger charge is 2.26. The topological polar surface area (TPSA) is 223 Å². The molecular weight excluding hydrogens is 766 g/mol. The fraction of sp³-hybridized carbons (Fsp3) is 0.167. The van der Waals surface area contributed by atoms with Crippen LogP contribution in [-0.2, 0) is 9.53 Å². The van der Waals surface area contributed by atoms with Crippen molar-refractivity contribution in [1.82, 2.24) is 5.32 Å². The Bertz CT molecular complexity index is 2240. The van der Waals surface area contributed by atoms with Crippen molar-refractivity contribution >= 4 is 52.3 Å². The summed E-state index contributed by atoms with van der Waals surface area (Å²) in [7, 11) is 2.68. The van der Waals surface area contributed by atoms with Gasteiger partial charge in [-0.3, -0.25) is 29.3 Å². The predicted octanol–water partition coefficient (Wildman–Crippen LogP) is 6.35. The molecule has 0 aromatic heterocycles. The number of methoxy groups -OCH3 is 2. The average molecular weight is 808 g/mol. The number of nitrogens with zero attached hydrogens (tertiary/aromatic N) is 1. The highest BCUT2D eigenvalue weighted by Crippen LogP contribution is 2.42. The Hall–Kier alpha value is -7.95. The van der Waals surface area contributed by atoms with Crippen LogP contribution in [-0.4, -0.2) is 75.1 Å². The van der Waals surface area contributed by atoms with Crippen molar-refractivity contribution in [2.75, 3.05) is 56.5 Å². The van der Waals surface area contributed by atoms with Crippen LogP contribution in [0.2, 0.25) is 0 Å². The molecule has 0 heterocycles. The van der Waals surface area contributed by atoms with Gasteiger partial charge in [0.2, 0.25) is 5.91 Å². The minimum atomic E-state index is -0.704. The van der Waals surface area contributed by atoms with E-state index in [9.17, 15) is 34.1 Å². The van der Waals surface area contributed by atoms with Gasteiger partial charge in [-0.2, -0.15) is 0 Å². The summed E-state index contributed by atoms with van der Waals surface area (Å²) in [5, 5.41) is 21.6. The van der Waals surface area contributed by atoms with Gasteiger partial charge >= 0.3 is 5.97 Å². The molecule has 17 nitrogen and oxygen atoms in total. The molecular formula is C42H41N5O12. The zero-order valence-corrected chi connectivity index (χ0v) is 32.2. The van der Waals surface area contributed by atoms with Gasteiger partial charge in [0.25, 0.3) is 23.4 Å². The summed E-state index contributed by atoms with van der Waals surface area (Å²) < 4.78 is 28.0. The summed E-state index contributed by atoms with van der Waals surface area (Å²) in [6, 6.07) is 16.8. The van der Waals surface area contributed by atoms with Gasteiger partial charge in [0.15, 0.2) is 23.0 Å². The van der Waals surface area contributed by atoms with Gasteiger partial charge in [-0.1, -0.05) is 38.0 Å². The van der Waals surface area contributed by atoms with Gasteiger partial charge in [-0.15, -0.1) is 0 Å². The molecule has 306 valence electrons. The molecule has 0 aliphatic rings. The molecule has 0 atom stereocenters. The van der Waals surface area contributed by atoms with Gasteiger partial charge < -0.3 is 45.0 Å². The SMILES string of the molecule is C=CCOC(=O)c1ccc(NC(=O)c2ccc(NC(=O)c3ccc(NC(=O)CCNC(=O)c4ccc([N+](=O)[O-])cc4)cc3)c(OC)c2OCC=C)c(OC)c1OCC=C. The molecule has 0 fully saturated rings. The molecule has 4 N–H and O–H groups in total. The third-order valence-corrected chi connectivity index (χ3v) is 8.03. The maximum atomic E-state index is 13.8. The third-order valence-electron chi connectivity index (χ3n) is 8.03. The fourth-order valence-corrected chi connectivity index (χ4v) is 5.29. The van der Waals surface area contributed by atoms with E-state index in [0.717, 1.165) is 0 Å². The maximum absolute atomic E-state index is 13.8. The number of carbonyl (C=O) groups excluding carboxylic acids is 5.